The zero-order valence-corrected chi connectivity index (χ0v) is 15.1. The van der Waals surface area contributed by atoms with Gasteiger partial charge < -0.3 is 20.7 Å². The Morgan fingerprint density at radius 3 is 2.88 bits per heavy atom. The number of benzene rings is 2. The van der Waals surface area contributed by atoms with Crippen molar-refractivity contribution in [2.45, 2.75) is 25.9 Å². The summed E-state index contributed by atoms with van der Waals surface area (Å²) in [4.78, 5) is 6.66. The first-order chi connectivity index (χ1) is 12.0. The normalized spacial score (nSPS) is 16.8. The summed E-state index contributed by atoms with van der Waals surface area (Å²) < 4.78 is 5.69. The van der Waals surface area contributed by atoms with Crippen molar-refractivity contribution in [3.05, 3.63) is 59.2 Å². The molecular weight excluding hydrogens is 312 g/mol. The zero-order valence-electron chi connectivity index (χ0n) is 15.1. The van der Waals surface area contributed by atoms with Gasteiger partial charge in [0.15, 0.2) is 5.96 Å². The maximum absolute atomic E-state index is 6.15. The topological polar surface area (TPSA) is 62.9 Å². The molecule has 0 saturated carbocycles. The van der Waals surface area contributed by atoms with E-state index in [4.69, 9.17) is 10.5 Å². The van der Waals surface area contributed by atoms with Gasteiger partial charge in [-0.2, -0.15) is 0 Å². The first kappa shape index (κ1) is 17.1. The maximum Gasteiger partial charge on any atom is 0.189 e. The Labute approximate surface area is 149 Å². The Hall–Kier alpha value is -2.69. The molecule has 5 nitrogen and oxygen atoms in total. The number of nitrogens with zero attached hydrogens (tertiary/aromatic N) is 2. The number of nitrogens with one attached hydrogen (secondary N) is 1. The summed E-state index contributed by atoms with van der Waals surface area (Å²) in [7, 11) is 4.09. The van der Waals surface area contributed by atoms with E-state index in [0.29, 0.717) is 19.1 Å². The number of ether oxygens (including phenoxy) is 1. The fourth-order valence-corrected chi connectivity index (χ4v) is 3.11. The van der Waals surface area contributed by atoms with Gasteiger partial charge in [0.25, 0.3) is 0 Å². The number of para-hydroxylation sites is 1. The average molecular weight is 338 g/mol. The van der Waals surface area contributed by atoms with Gasteiger partial charge in [0.1, 0.15) is 5.75 Å². The second kappa shape index (κ2) is 7.47. The van der Waals surface area contributed by atoms with E-state index in [1.54, 1.807) is 0 Å². The van der Waals surface area contributed by atoms with Gasteiger partial charge in [0.05, 0.1) is 19.2 Å². The predicted octanol–water partition coefficient (Wildman–Crippen LogP) is 2.99. The van der Waals surface area contributed by atoms with Crippen molar-refractivity contribution >= 4 is 11.6 Å². The van der Waals surface area contributed by atoms with Gasteiger partial charge in [-0.1, -0.05) is 30.3 Å². The molecular formula is C20H26N4O. The molecule has 0 spiro atoms. The van der Waals surface area contributed by atoms with Crippen molar-refractivity contribution < 1.29 is 4.74 Å². The Morgan fingerprint density at radius 2 is 2.08 bits per heavy atom. The molecule has 1 atom stereocenters. The Balaban J connectivity index is 1.72. The van der Waals surface area contributed by atoms with Crippen molar-refractivity contribution in [2.75, 3.05) is 25.6 Å². The van der Waals surface area contributed by atoms with Crippen LogP contribution in [-0.4, -0.2) is 26.7 Å². The molecule has 3 rings (SSSR count). The standard InChI is InChI=1S/C20H26N4O/c1-14-8-9-15(18(12-14)24(2)3)13-22-20(21)23-17-10-11-25-19-7-5-4-6-16(17)19/h4-9,12,17H,10-11,13H2,1-3H3,(H3,21,22,23). The van der Waals surface area contributed by atoms with Crippen LogP contribution in [0.1, 0.15) is 29.2 Å². The van der Waals surface area contributed by atoms with E-state index in [2.05, 4.69) is 46.4 Å². The zero-order chi connectivity index (χ0) is 17.8. The van der Waals surface area contributed by atoms with Crippen LogP contribution in [0.5, 0.6) is 5.75 Å². The number of aliphatic imine (C=N–C) groups is 1. The largest absolute Gasteiger partial charge is 0.493 e. The van der Waals surface area contributed by atoms with Gasteiger partial charge in [-0.25, -0.2) is 4.99 Å². The molecule has 0 radical (unpaired) electrons. The van der Waals surface area contributed by atoms with Crippen LogP contribution in [0.3, 0.4) is 0 Å². The summed E-state index contributed by atoms with van der Waals surface area (Å²) in [6.45, 7) is 3.33. The second-order valence-corrected chi connectivity index (χ2v) is 6.60. The fourth-order valence-electron chi connectivity index (χ4n) is 3.11. The molecule has 2 aromatic rings. The molecule has 0 fully saturated rings. The minimum atomic E-state index is 0.139. The Bertz CT molecular complexity index is 770. The minimum absolute atomic E-state index is 0.139. The molecule has 0 bridgehead atoms. The number of anilines is 1. The quantitative estimate of drug-likeness (QED) is 0.664. The van der Waals surface area contributed by atoms with Gasteiger partial charge >= 0.3 is 0 Å². The molecule has 0 aliphatic carbocycles. The maximum atomic E-state index is 6.15. The van der Waals surface area contributed by atoms with Crippen LogP contribution in [0.15, 0.2) is 47.5 Å². The summed E-state index contributed by atoms with van der Waals surface area (Å²) in [6.07, 6.45) is 0.876. The van der Waals surface area contributed by atoms with E-state index in [-0.39, 0.29) is 6.04 Å². The number of fused-ring (bicyclic) bond motifs is 1. The molecule has 0 aromatic heterocycles. The van der Waals surface area contributed by atoms with Crippen LogP contribution >= 0.6 is 0 Å². The summed E-state index contributed by atoms with van der Waals surface area (Å²) >= 11 is 0. The Kier molecular flexibility index (Phi) is 5.12. The van der Waals surface area contributed by atoms with Gasteiger partial charge in [-0.3, -0.25) is 0 Å². The highest BCUT2D eigenvalue weighted by Crippen LogP contribution is 2.31. The first-order valence-corrected chi connectivity index (χ1v) is 8.59. The molecule has 5 heteroatoms. The van der Waals surface area contributed by atoms with Gasteiger partial charge in [-0.15, -0.1) is 0 Å². The van der Waals surface area contributed by atoms with Crippen molar-refractivity contribution in [2.24, 2.45) is 10.7 Å². The van der Waals surface area contributed by atoms with E-state index in [1.165, 1.54) is 11.3 Å². The first-order valence-electron chi connectivity index (χ1n) is 8.59. The van der Waals surface area contributed by atoms with Crippen LogP contribution < -0.4 is 20.7 Å². The smallest absolute Gasteiger partial charge is 0.189 e. The molecule has 1 heterocycles. The molecule has 3 N–H and O–H groups in total. The van der Waals surface area contributed by atoms with Crippen LogP contribution in [0.2, 0.25) is 0 Å². The molecule has 1 aliphatic rings. The van der Waals surface area contributed by atoms with E-state index >= 15 is 0 Å². The number of aryl methyl sites for hydroxylation is 1. The number of hydrogen-bond donors (Lipinski definition) is 2. The summed E-state index contributed by atoms with van der Waals surface area (Å²) in [5.74, 6) is 1.39. The van der Waals surface area contributed by atoms with E-state index in [9.17, 15) is 0 Å². The lowest BCUT2D eigenvalue weighted by Crippen LogP contribution is -2.37. The summed E-state index contributed by atoms with van der Waals surface area (Å²) in [5.41, 5.74) is 10.9. The molecule has 0 saturated heterocycles. The highest BCUT2D eigenvalue weighted by atomic mass is 16.5. The third-order valence-electron chi connectivity index (χ3n) is 4.42. The van der Waals surface area contributed by atoms with Crippen LogP contribution in [0.25, 0.3) is 0 Å². The fraction of sp³-hybridized carbons (Fsp3) is 0.350. The van der Waals surface area contributed by atoms with Crippen molar-refractivity contribution in [1.29, 1.82) is 0 Å². The molecule has 132 valence electrons. The third kappa shape index (κ3) is 4.05. The monoisotopic (exact) mass is 338 g/mol. The summed E-state index contributed by atoms with van der Waals surface area (Å²) in [6, 6.07) is 14.6. The second-order valence-electron chi connectivity index (χ2n) is 6.60. The highest BCUT2D eigenvalue weighted by Gasteiger charge is 2.21. The lowest BCUT2D eigenvalue weighted by molar-refractivity contribution is 0.262. The predicted molar refractivity (Wildman–Crippen MR) is 103 cm³/mol. The SMILES string of the molecule is Cc1ccc(CN=C(N)NC2CCOc3ccccc32)c(N(C)C)c1. The van der Waals surface area contributed by atoms with Gasteiger partial charge in [0, 0.05) is 31.8 Å². The van der Waals surface area contributed by atoms with Crippen molar-refractivity contribution in [3.8, 4) is 5.75 Å². The van der Waals surface area contributed by atoms with E-state index in [0.717, 1.165) is 23.3 Å². The van der Waals surface area contributed by atoms with Crippen molar-refractivity contribution in [3.63, 3.8) is 0 Å². The molecule has 25 heavy (non-hydrogen) atoms. The van der Waals surface area contributed by atoms with Gasteiger partial charge in [0.2, 0.25) is 0 Å². The van der Waals surface area contributed by atoms with Crippen LogP contribution in [0.4, 0.5) is 5.69 Å². The van der Waals surface area contributed by atoms with Gasteiger partial charge in [-0.05, 0) is 30.2 Å². The van der Waals surface area contributed by atoms with E-state index < -0.39 is 0 Å². The number of guanidine groups is 1. The van der Waals surface area contributed by atoms with Crippen molar-refractivity contribution in [1.82, 2.24) is 5.32 Å². The number of rotatable bonds is 4. The van der Waals surface area contributed by atoms with Crippen LogP contribution in [-0.2, 0) is 6.54 Å². The summed E-state index contributed by atoms with van der Waals surface area (Å²) in [5, 5.41) is 3.34. The minimum Gasteiger partial charge on any atom is -0.493 e. The lowest BCUT2D eigenvalue weighted by Gasteiger charge is -2.27. The molecule has 1 aliphatic heterocycles. The molecule has 2 aromatic carbocycles. The van der Waals surface area contributed by atoms with Crippen LogP contribution in [0, 0.1) is 6.92 Å². The number of nitrogens with two attached hydrogens (primary N) is 1. The molecule has 0 amide bonds. The van der Waals surface area contributed by atoms with E-state index in [1.807, 2.05) is 32.3 Å². The molecule has 1 unspecified atom stereocenters. The third-order valence-corrected chi connectivity index (χ3v) is 4.42. The number of hydrogen-bond acceptors (Lipinski definition) is 3. The lowest BCUT2D eigenvalue weighted by atomic mass is 10.0. The highest BCUT2D eigenvalue weighted by molar-refractivity contribution is 5.78. The Morgan fingerprint density at radius 1 is 1.28 bits per heavy atom. The average Bonchev–Trinajstić information content (AvgIpc) is 2.61.